The first-order valence-electron chi connectivity index (χ1n) is 5.73. The average molecular weight is 246 g/mol. The summed E-state index contributed by atoms with van der Waals surface area (Å²) < 4.78 is 0. The highest BCUT2D eigenvalue weighted by Crippen LogP contribution is 2.17. The van der Waals surface area contributed by atoms with Crippen LogP contribution >= 0.6 is 0 Å². The second kappa shape index (κ2) is 4.91. The van der Waals surface area contributed by atoms with Crippen LogP contribution in [0.2, 0.25) is 0 Å². The molecular formula is C13H14N2O3. The number of benzene rings is 1. The molecule has 1 amide bonds. The topological polar surface area (TPSA) is 82.2 Å². The zero-order valence-electron chi connectivity index (χ0n) is 9.93. The van der Waals surface area contributed by atoms with E-state index < -0.39 is 12.0 Å². The number of nitrogens with one attached hydrogen (secondary N) is 2. The van der Waals surface area contributed by atoms with Gasteiger partial charge in [0.2, 0.25) is 0 Å². The number of carbonyl (C=O) groups excluding carboxylic acids is 1. The molecule has 0 unspecified atom stereocenters. The largest absolute Gasteiger partial charge is 0.480 e. The van der Waals surface area contributed by atoms with E-state index in [9.17, 15) is 9.59 Å². The fourth-order valence-corrected chi connectivity index (χ4v) is 1.86. The van der Waals surface area contributed by atoms with Crippen molar-refractivity contribution >= 4 is 22.8 Å². The summed E-state index contributed by atoms with van der Waals surface area (Å²) in [6.45, 7) is 1.72. The van der Waals surface area contributed by atoms with Crippen LogP contribution in [0, 0.1) is 0 Å². The smallest absolute Gasteiger partial charge is 0.326 e. The SMILES string of the molecule is CC[C@@H](NC(=O)c1cccc2[nH]ccc12)C(=O)O. The molecule has 18 heavy (non-hydrogen) atoms. The fraction of sp³-hybridized carbons (Fsp3) is 0.231. The van der Waals surface area contributed by atoms with Crippen molar-refractivity contribution in [2.24, 2.45) is 0 Å². The van der Waals surface area contributed by atoms with Crippen molar-refractivity contribution < 1.29 is 14.7 Å². The first kappa shape index (κ1) is 12.2. The third-order valence-electron chi connectivity index (χ3n) is 2.85. The van der Waals surface area contributed by atoms with E-state index in [0.717, 1.165) is 10.9 Å². The minimum atomic E-state index is -1.02. The zero-order chi connectivity index (χ0) is 13.1. The summed E-state index contributed by atoms with van der Waals surface area (Å²) >= 11 is 0. The molecule has 5 nitrogen and oxygen atoms in total. The van der Waals surface area contributed by atoms with Gasteiger partial charge in [0.05, 0.1) is 0 Å². The van der Waals surface area contributed by atoms with Gasteiger partial charge >= 0.3 is 5.97 Å². The van der Waals surface area contributed by atoms with Gasteiger partial charge in [-0.25, -0.2) is 4.79 Å². The lowest BCUT2D eigenvalue weighted by atomic mass is 10.1. The summed E-state index contributed by atoms with van der Waals surface area (Å²) in [4.78, 5) is 25.9. The van der Waals surface area contributed by atoms with Crippen LogP contribution in [-0.4, -0.2) is 28.0 Å². The highest BCUT2D eigenvalue weighted by atomic mass is 16.4. The first-order valence-corrected chi connectivity index (χ1v) is 5.73. The number of carboxylic acid groups (broad SMARTS) is 1. The van der Waals surface area contributed by atoms with Gasteiger partial charge in [-0.15, -0.1) is 0 Å². The van der Waals surface area contributed by atoms with Gasteiger partial charge in [-0.3, -0.25) is 4.79 Å². The fourth-order valence-electron chi connectivity index (χ4n) is 1.86. The molecule has 0 aliphatic rings. The number of H-pyrrole nitrogens is 1. The number of amides is 1. The molecule has 3 N–H and O–H groups in total. The maximum absolute atomic E-state index is 12.0. The van der Waals surface area contributed by atoms with Crippen LogP contribution in [-0.2, 0) is 4.79 Å². The molecule has 0 radical (unpaired) electrons. The van der Waals surface area contributed by atoms with Gasteiger partial charge in [-0.1, -0.05) is 13.0 Å². The van der Waals surface area contributed by atoms with Crippen LogP contribution in [0.3, 0.4) is 0 Å². The number of carbonyl (C=O) groups is 2. The van der Waals surface area contributed by atoms with Crippen LogP contribution in [0.15, 0.2) is 30.5 Å². The quantitative estimate of drug-likeness (QED) is 0.768. The molecule has 1 atom stereocenters. The van der Waals surface area contributed by atoms with Crippen molar-refractivity contribution in [2.45, 2.75) is 19.4 Å². The van der Waals surface area contributed by atoms with E-state index in [1.54, 1.807) is 31.3 Å². The van der Waals surface area contributed by atoms with Crippen LogP contribution in [0.4, 0.5) is 0 Å². The highest BCUT2D eigenvalue weighted by Gasteiger charge is 2.19. The van der Waals surface area contributed by atoms with Gasteiger partial charge in [0.1, 0.15) is 6.04 Å². The molecule has 0 aliphatic heterocycles. The zero-order valence-corrected chi connectivity index (χ0v) is 9.93. The Hall–Kier alpha value is -2.30. The molecule has 1 aromatic carbocycles. The minimum absolute atomic E-state index is 0.351. The molecule has 2 rings (SSSR count). The highest BCUT2D eigenvalue weighted by molar-refractivity contribution is 6.07. The second-order valence-corrected chi connectivity index (χ2v) is 4.02. The molecule has 1 aromatic heterocycles. The third kappa shape index (κ3) is 2.20. The molecule has 0 spiro atoms. The Bertz CT molecular complexity index is 589. The molecule has 1 heterocycles. The maximum Gasteiger partial charge on any atom is 0.326 e. The Labute approximate surface area is 104 Å². The number of aliphatic carboxylic acids is 1. The van der Waals surface area contributed by atoms with E-state index >= 15 is 0 Å². The third-order valence-corrected chi connectivity index (χ3v) is 2.85. The summed E-state index contributed by atoms with van der Waals surface area (Å²) in [6.07, 6.45) is 2.10. The van der Waals surface area contributed by atoms with E-state index in [0.29, 0.717) is 12.0 Å². The number of fused-ring (bicyclic) bond motifs is 1. The maximum atomic E-state index is 12.0. The number of aromatic amines is 1. The lowest BCUT2D eigenvalue weighted by Gasteiger charge is -2.12. The Kier molecular flexibility index (Phi) is 3.32. The van der Waals surface area contributed by atoms with E-state index in [2.05, 4.69) is 10.3 Å². The molecule has 0 saturated heterocycles. The van der Waals surface area contributed by atoms with E-state index in [1.165, 1.54) is 0 Å². The van der Waals surface area contributed by atoms with Gasteiger partial charge < -0.3 is 15.4 Å². The first-order chi connectivity index (χ1) is 8.63. The monoisotopic (exact) mass is 246 g/mol. The summed E-state index contributed by atoms with van der Waals surface area (Å²) in [5.41, 5.74) is 1.33. The van der Waals surface area contributed by atoms with Gasteiger partial charge in [-0.05, 0) is 24.6 Å². The van der Waals surface area contributed by atoms with Crippen molar-refractivity contribution in [1.82, 2.24) is 10.3 Å². The lowest BCUT2D eigenvalue weighted by Crippen LogP contribution is -2.40. The molecule has 5 heteroatoms. The molecule has 0 saturated carbocycles. The van der Waals surface area contributed by atoms with Crippen LogP contribution in [0.5, 0.6) is 0 Å². The number of hydrogen-bond acceptors (Lipinski definition) is 2. The van der Waals surface area contributed by atoms with Gasteiger partial charge in [-0.2, -0.15) is 0 Å². The van der Waals surface area contributed by atoms with Crippen LogP contribution < -0.4 is 5.32 Å². The second-order valence-electron chi connectivity index (χ2n) is 4.02. The summed E-state index contributed by atoms with van der Waals surface area (Å²) in [5.74, 6) is -1.39. The molecular weight excluding hydrogens is 232 g/mol. The summed E-state index contributed by atoms with van der Waals surface area (Å²) in [5, 5.41) is 12.2. The molecule has 94 valence electrons. The van der Waals surface area contributed by atoms with Crippen molar-refractivity contribution in [3.63, 3.8) is 0 Å². The van der Waals surface area contributed by atoms with Crippen molar-refractivity contribution in [3.8, 4) is 0 Å². The van der Waals surface area contributed by atoms with Crippen LogP contribution in [0.1, 0.15) is 23.7 Å². The molecule has 0 bridgehead atoms. The molecule has 0 aliphatic carbocycles. The Balaban J connectivity index is 2.28. The van der Waals surface area contributed by atoms with Crippen LogP contribution in [0.25, 0.3) is 10.9 Å². The summed E-state index contributed by atoms with van der Waals surface area (Å²) in [7, 11) is 0. The van der Waals surface area contributed by atoms with E-state index in [-0.39, 0.29) is 5.91 Å². The average Bonchev–Trinajstić information content (AvgIpc) is 2.82. The molecule has 2 aromatic rings. The number of carboxylic acids is 1. The predicted molar refractivity (Wildman–Crippen MR) is 67.5 cm³/mol. The Morgan fingerprint density at radius 2 is 2.17 bits per heavy atom. The Morgan fingerprint density at radius 1 is 1.39 bits per heavy atom. The van der Waals surface area contributed by atoms with Gasteiger partial charge in [0.15, 0.2) is 0 Å². The van der Waals surface area contributed by atoms with E-state index in [4.69, 9.17) is 5.11 Å². The number of aromatic nitrogens is 1. The van der Waals surface area contributed by atoms with Gasteiger partial charge in [0, 0.05) is 22.7 Å². The standard InChI is InChI=1S/C13H14N2O3/c1-2-10(13(17)18)15-12(16)9-4-3-5-11-8(9)6-7-14-11/h3-7,10,14H,2H2,1H3,(H,15,16)(H,17,18)/t10-/m1/s1. The number of rotatable bonds is 4. The van der Waals surface area contributed by atoms with Crippen molar-refractivity contribution in [1.29, 1.82) is 0 Å². The van der Waals surface area contributed by atoms with E-state index in [1.807, 2.05) is 6.07 Å². The summed E-state index contributed by atoms with van der Waals surface area (Å²) in [6, 6.07) is 6.24. The lowest BCUT2D eigenvalue weighted by molar-refractivity contribution is -0.139. The van der Waals surface area contributed by atoms with Crippen molar-refractivity contribution in [2.75, 3.05) is 0 Å². The van der Waals surface area contributed by atoms with Gasteiger partial charge in [0.25, 0.3) is 5.91 Å². The predicted octanol–water partition coefficient (Wildman–Crippen LogP) is 1.76. The Morgan fingerprint density at radius 3 is 2.83 bits per heavy atom. The normalized spacial score (nSPS) is 12.3. The minimum Gasteiger partial charge on any atom is -0.480 e. The number of hydrogen-bond donors (Lipinski definition) is 3. The van der Waals surface area contributed by atoms with Crippen molar-refractivity contribution in [3.05, 3.63) is 36.0 Å². The molecule has 0 fully saturated rings.